The summed E-state index contributed by atoms with van der Waals surface area (Å²) in [7, 11) is 0. The zero-order valence-electron chi connectivity index (χ0n) is 23.8. The third-order valence-corrected chi connectivity index (χ3v) is 10.4. The minimum Gasteiger partial charge on any atom is -0.310 e. The molecule has 8 aromatic carbocycles. The van der Waals surface area contributed by atoms with E-state index in [0.717, 1.165) is 11.4 Å². The fourth-order valence-corrected chi connectivity index (χ4v) is 8.58. The molecule has 44 heavy (non-hydrogen) atoms. The normalized spacial score (nSPS) is 12.1. The molecule has 1 aliphatic rings. The summed E-state index contributed by atoms with van der Waals surface area (Å²) < 4.78 is 2.67. The number of para-hydroxylation sites is 1. The van der Waals surface area contributed by atoms with Crippen molar-refractivity contribution in [3.63, 3.8) is 0 Å². The van der Waals surface area contributed by atoms with Gasteiger partial charge in [-0.05, 0) is 97.0 Å². The van der Waals surface area contributed by atoms with Crippen molar-refractivity contribution in [3.05, 3.63) is 152 Å². The lowest BCUT2D eigenvalue weighted by atomic mass is 9.93. The number of hydrogen-bond donors (Lipinski definition) is 0. The van der Waals surface area contributed by atoms with Crippen molar-refractivity contribution >= 4 is 80.9 Å². The molecule has 0 bridgehead atoms. The lowest BCUT2D eigenvalue weighted by molar-refractivity contribution is 1.29. The summed E-state index contributed by atoms with van der Waals surface area (Å²) in [6.07, 6.45) is 0. The zero-order chi connectivity index (χ0) is 28.8. The van der Waals surface area contributed by atoms with Crippen LogP contribution in [0.4, 0.5) is 17.1 Å². The number of anilines is 3. The fraction of sp³-hybridized carbons (Fsp3) is 0. The minimum atomic E-state index is 1.14. The molecular weight excluding hydrogens is 551 g/mol. The summed E-state index contributed by atoms with van der Waals surface area (Å²) in [4.78, 5) is 2.41. The van der Waals surface area contributed by atoms with Gasteiger partial charge in [0.25, 0.3) is 0 Å². The largest absolute Gasteiger partial charge is 0.310 e. The highest BCUT2D eigenvalue weighted by Gasteiger charge is 2.24. The van der Waals surface area contributed by atoms with Crippen molar-refractivity contribution < 1.29 is 0 Å². The van der Waals surface area contributed by atoms with Crippen LogP contribution in [0.5, 0.6) is 0 Å². The molecule has 0 aliphatic heterocycles. The van der Waals surface area contributed by atoms with Crippen molar-refractivity contribution in [2.24, 2.45) is 0 Å². The van der Waals surface area contributed by atoms with Crippen molar-refractivity contribution in [1.82, 2.24) is 0 Å². The number of rotatable bonds is 4. The second-order valence-corrected chi connectivity index (χ2v) is 12.8. The molecule has 0 saturated heterocycles. The molecule has 0 amide bonds. The van der Waals surface area contributed by atoms with Crippen LogP contribution in [0.25, 0.3) is 74.7 Å². The van der Waals surface area contributed by atoms with Gasteiger partial charge in [0, 0.05) is 37.2 Å². The highest BCUT2D eigenvalue weighted by Crippen LogP contribution is 2.52. The predicted octanol–water partition coefficient (Wildman–Crippen LogP) is 12.6. The van der Waals surface area contributed by atoms with Gasteiger partial charge < -0.3 is 4.90 Å². The average Bonchev–Trinajstić information content (AvgIpc) is 3.41. The Bertz CT molecular complexity index is 2570. The average molecular weight is 576 g/mol. The first-order valence-electron chi connectivity index (χ1n) is 15.1. The minimum absolute atomic E-state index is 1.14. The molecule has 1 aliphatic carbocycles. The number of fused-ring (bicyclic) bond motifs is 1. The van der Waals surface area contributed by atoms with Gasteiger partial charge in [-0.3, -0.25) is 0 Å². The first-order valence-corrected chi connectivity index (χ1v) is 15.9. The van der Waals surface area contributed by atoms with Crippen LogP contribution in [0.15, 0.2) is 152 Å². The van der Waals surface area contributed by atoms with Crippen LogP contribution in [-0.2, 0) is 0 Å². The number of hydrogen-bond acceptors (Lipinski definition) is 2. The van der Waals surface area contributed by atoms with Gasteiger partial charge in [-0.2, -0.15) is 0 Å². The molecule has 2 heteroatoms. The smallest absolute Gasteiger partial charge is 0.0482 e. The van der Waals surface area contributed by atoms with E-state index in [0.29, 0.717) is 0 Å². The predicted molar refractivity (Wildman–Crippen MR) is 191 cm³/mol. The highest BCUT2D eigenvalue weighted by atomic mass is 32.1. The molecule has 0 fully saturated rings. The molecule has 1 aromatic heterocycles. The van der Waals surface area contributed by atoms with Gasteiger partial charge in [0.05, 0.1) is 0 Å². The summed E-state index contributed by atoms with van der Waals surface area (Å²) in [5.74, 6) is 0. The Morgan fingerprint density at radius 3 is 1.70 bits per heavy atom. The van der Waals surface area contributed by atoms with Gasteiger partial charge >= 0.3 is 0 Å². The summed E-state index contributed by atoms with van der Waals surface area (Å²) in [6, 6.07) is 55.8. The standard InChI is InChI=1S/C42H25NS/c1-3-8-26(9-4-1)27-18-21-32(22-19-27)43(31-11-5-2-6-12-31)33-24-35-34-13-7-10-28-14-15-29-16-17-30-20-23-36-42(40(30)39(29)38(28)34)41(35)37(25-33)44-36/h1-25H. The Labute approximate surface area is 258 Å². The molecular formula is C42H25NS. The number of thiophene rings is 1. The Balaban J connectivity index is 1.29. The Morgan fingerprint density at radius 2 is 0.955 bits per heavy atom. The van der Waals surface area contributed by atoms with Gasteiger partial charge in [-0.1, -0.05) is 109 Å². The third kappa shape index (κ3) is 3.35. The molecule has 0 saturated carbocycles. The van der Waals surface area contributed by atoms with Crippen LogP contribution in [-0.4, -0.2) is 0 Å². The summed E-state index contributed by atoms with van der Waals surface area (Å²) in [6.45, 7) is 0. The van der Waals surface area contributed by atoms with Gasteiger partial charge in [0.2, 0.25) is 0 Å². The maximum Gasteiger partial charge on any atom is 0.0482 e. The molecule has 10 rings (SSSR count). The number of nitrogens with zero attached hydrogens (tertiary/aromatic N) is 1. The lowest BCUT2D eigenvalue weighted by Gasteiger charge is -2.26. The highest BCUT2D eigenvalue weighted by molar-refractivity contribution is 7.26. The molecule has 1 nitrogen and oxygen atoms in total. The van der Waals surface area contributed by atoms with Crippen molar-refractivity contribution in [2.75, 3.05) is 4.90 Å². The summed E-state index contributed by atoms with van der Waals surface area (Å²) in [5, 5.41) is 10.8. The lowest BCUT2D eigenvalue weighted by Crippen LogP contribution is -2.10. The van der Waals surface area contributed by atoms with Crippen LogP contribution >= 0.6 is 11.3 Å². The molecule has 0 atom stereocenters. The molecule has 0 N–H and O–H groups in total. The molecule has 0 spiro atoms. The van der Waals surface area contributed by atoms with Gasteiger partial charge in [-0.25, -0.2) is 0 Å². The van der Waals surface area contributed by atoms with E-state index in [2.05, 4.69) is 157 Å². The van der Waals surface area contributed by atoms with Crippen LogP contribution in [0.3, 0.4) is 0 Å². The molecule has 204 valence electrons. The van der Waals surface area contributed by atoms with E-state index >= 15 is 0 Å². The van der Waals surface area contributed by atoms with Crippen molar-refractivity contribution in [3.8, 4) is 22.3 Å². The quantitative estimate of drug-likeness (QED) is 0.189. The van der Waals surface area contributed by atoms with Crippen molar-refractivity contribution in [2.45, 2.75) is 0 Å². The van der Waals surface area contributed by atoms with Crippen LogP contribution in [0.1, 0.15) is 0 Å². The summed E-state index contributed by atoms with van der Waals surface area (Å²) in [5.41, 5.74) is 8.53. The Kier molecular flexibility index (Phi) is 4.94. The van der Waals surface area contributed by atoms with Gasteiger partial charge in [-0.15, -0.1) is 11.3 Å². The van der Waals surface area contributed by atoms with E-state index in [1.165, 1.54) is 80.4 Å². The Hall–Kier alpha value is -5.44. The topological polar surface area (TPSA) is 3.24 Å². The monoisotopic (exact) mass is 575 g/mol. The van der Waals surface area contributed by atoms with E-state index in [-0.39, 0.29) is 0 Å². The van der Waals surface area contributed by atoms with E-state index in [1.807, 2.05) is 11.3 Å². The maximum atomic E-state index is 2.44. The maximum absolute atomic E-state index is 2.44. The van der Waals surface area contributed by atoms with E-state index in [1.54, 1.807) is 0 Å². The molecule has 9 aromatic rings. The van der Waals surface area contributed by atoms with E-state index in [4.69, 9.17) is 0 Å². The van der Waals surface area contributed by atoms with Gasteiger partial charge in [0.1, 0.15) is 0 Å². The Morgan fingerprint density at radius 1 is 0.341 bits per heavy atom. The third-order valence-electron chi connectivity index (χ3n) is 9.32. The van der Waals surface area contributed by atoms with E-state index in [9.17, 15) is 0 Å². The van der Waals surface area contributed by atoms with E-state index < -0.39 is 0 Å². The second kappa shape index (κ2) is 9.03. The van der Waals surface area contributed by atoms with Gasteiger partial charge in [0.15, 0.2) is 0 Å². The molecule has 0 unspecified atom stereocenters. The first-order chi connectivity index (χ1) is 21.8. The van der Waals surface area contributed by atoms with Crippen molar-refractivity contribution in [1.29, 1.82) is 0 Å². The van der Waals surface area contributed by atoms with Crippen LogP contribution in [0.2, 0.25) is 0 Å². The molecule has 1 heterocycles. The zero-order valence-corrected chi connectivity index (χ0v) is 24.6. The fourth-order valence-electron chi connectivity index (χ4n) is 7.41. The SMILES string of the molecule is c1ccc(-c2ccc(N(c3ccccc3)c3cc4c5c(c3)sc3ccc6ccc7ccc8cccc-4c8c7c6c35)cc2)cc1. The second-order valence-electron chi connectivity index (χ2n) is 11.7. The number of benzene rings is 8. The van der Waals surface area contributed by atoms with Crippen LogP contribution in [0, 0.1) is 0 Å². The summed E-state index contributed by atoms with van der Waals surface area (Å²) >= 11 is 1.91. The molecule has 0 radical (unpaired) electrons. The van der Waals surface area contributed by atoms with Crippen LogP contribution < -0.4 is 4.90 Å². The first kappa shape index (κ1) is 24.0.